The summed E-state index contributed by atoms with van der Waals surface area (Å²) in [5, 5.41) is 5.33. The first-order chi connectivity index (χ1) is 14.0. The molecule has 0 aromatic carbocycles. The monoisotopic (exact) mass is 414 g/mol. The zero-order chi connectivity index (χ0) is 21.9. The molecular weight excluding hydrogens is 372 g/mol. The summed E-state index contributed by atoms with van der Waals surface area (Å²) in [5.74, 6) is -0.769. The first-order valence-corrected chi connectivity index (χ1v) is 11.3. The molecule has 0 aromatic rings. The van der Waals surface area contributed by atoms with Crippen molar-refractivity contribution in [3.05, 3.63) is 0 Å². The second-order valence-electron chi connectivity index (χ2n) is 7.47. The molecule has 0 heterocycles. The molecule has 0 saturated heterocycles. The van der Waals surface area contributed by atoms with Gasteiger partial charge in [-0.05, 0) is 19.3 Å². The van der Waals surface area contributed by atoms with Crippen LogP contribution in [0.15, 0.2) is 0 Å². The van der Waals surface area contributed by atoms with Gasteiger partial charge in [0, 0.05) is 0 Å². The van der Waals surface area contributed by atoms with Crippen LogP contribution in [0.25, 0.3) is 0 Å². The van der Waals surface area contributed by atoms with Gasteiger partial charge in [0.1, 0.15) is 12.1 Å². The fourth-order valence-corrected chi connectivity index (χ4v) is 2.96. The molecule has 0 spiro atoms. The van der Waals surface area contributed by atoms with Crippen LogP contribution >= 0.6 is 0 Å². The Bertz CT molecular complexity index is 456. The summed E-state index contributed by atoms with van der Waals surface area (Å²) >= 11 is 0. The van der Waals surface area contributed by atoms with E-state index in [9.17, 15) is 14.4 Å². The van der Waals surface area contributed by atoms with Crippen molar-refractivity contribution in [3.63, 3.8) is 0 Å². The van der Waals surface area contributed by atoms with Crippen LogP contribution in [0.2, 0.25) is 0 Å². The summed E-state index contributed by atoms with van der Waals surface area (Å²) in [6.07, 6.45) is 10.5. The third-order valence-corrected chi connectivity index (χ3v) is 4.83. The Balaban J connectivity index is 4.64. The summed E-state index contributed by atoms with van der Waals surface area (Å²) in [6, 6.07) is -1.41. The molecule has 2 unspecified atom stereocenters. The van der Waals surface area contributed by atoms with Gasteiger partial charge in [-0.3, -0.25) is 4.79 Å². The van der Waals surface area contributed by atoms with Crippen molar-refractivity contribution in [2.24, 2.45) is 0 Å². The highest BCUT2D eigenvalue weighted by molar-refractivity contribution is 5.89. The summed E-state index contributed by atoms with van der Waals surface area (Å²) in [4.78, 5) is 36.7. The van der Waals surface area contributed by atoms with Crippen molar-refractivity contribution in [2.75, 3.05) is 13.7 Å². The smallest absolute Gasteiger partial charge is 0.407 e. The highest BCUT2D eigenvalue weighted by Gasteiger charge is 2.27. The van der Waals surface area contributed by atoms with Gasteiger partial charge in [-0.25, -0.2) is 9.59 Å². The minimum Gasteiger partial charge on any atom is -0.464 e. The van der Waals surface area contributed by atoms with E-state index in [0.717, 1.165) is 44.9 Å². The van der Waals surface area contributed by atoms with Gasteiger partial charge >= 0.3 is 12.1 Å². The van der Waals surface area contributed by atoms with Gasteiger partial charge in [0.25, 0.3) is 0 Å². The van der Waals surface area contributed by atoms with E-state index in [1.54, 1.807) is 0 Å². The van der Waals surface area contributed by atoms with Gasteiger partial charge in [-0.1, -0.05) is 78.6 Å². The number of hydrogen-bond acceptors (Lipinski definition) is 5. The summed E-state index contributed by atoms with van der Waals surface area (Å²) in [6.45, 7) is 6.60. The SMILES string of the molecule is CCCCCCCCOC(=O)C(CCCC)NC(=O)C(CCCC)NC(=O)OC. The molecule has 0 aliphatic rings. The number of rotatable bonds is 17. The lowest BCUT2D eigenvalue weighted by molar-refractivity contribution is -0.148. The lowest BCUT2D eigenvalue weighted by Crippen LogP contribution is -2.52. The third kappa shape index (κ3) is 13.9. The number of methoxy groups -OCH3 is 1. The lowest BCUT2D eigenvalue weighted by atomic mass is 10.1. The van der Waals surface area contributed by atoms with Crippen LogP contribution in [0.3, 0.4) is 0 Å². The number of esters is 1. The van der Waals surface area contributed by atoms with E-state index in [-0.39, 0.29) is 5.91 Å². The fraction of sp³-hybridized carbons (Fsp3) is 0.864. The van der Waals surface area contributed by atoms with E-state index in [2.05, 4.69) is 22.3 Å². The predicted octanol–water partition coefficient (Wildman–Crippen LogP) is 4.48. The zero-order valence-corrected chi connectivity index (χ0v) is 18.9. The summed E-state index contributed by atoms with van der Waals surface area (Å²) in [7, 11) is 1.26. The standard InChI is InChI=1S/C22H42N2O5/c1-5-8-11-12-13-14-17-29-21(26)19(16-10-7-3)23-20(25)18(15-9-6-2)24-22(27)28-4/h18-19H,5-17H2,1-4H3,(H,23,25)(H,24,27). The number of alkyl carbamates (subject to hydrolysis) is 1. The molecule has 0 aliphatic carbocycles. The van der Waals surface area contributed by atoms with Crippen LogP contribution in [-0.2, 0) is 19.1 Å². The van der Waals surface area contributed by atoms with Crippen molar-refractivity contribution in [2.45, 2.75) is 110 Å². The van der Waals surface area contributed by atoms with Gasteiger partial charge in [0.05, 0.1) is 13.7 Å². The zero-order valence-electron chi connectivity index (χ0n) is 18.9. The summed E-state index contributed by atoms with van der Waals surface area (Å²) < 4.78 is 10.0. The number of carbonyl (C=O) groups is 3. The van der Waals surface area contributed by atoms with Crippen LogP contribution in [0.1, 0.15) is 97.8 Å². The first kappa shape index (κ1) is 27.2. The van der Waals surface area contributed by atoms with Crippen molar-refractivity contribution in [1.82, 2.24) is 10.6 Å². The Hall–Kier alpha value is -1.79. The Morgan fingerprint density at radius 2 is 1.28 bits per heavy atom. The second kappa shape index (κ2) is 18.3. The van der Waals surface area contributed by atoms with E-state index >= 15 is 0 Å². The van der Waals surface area contributed by atoms with E-state index < -0.39 is 24.1 Å². The van der Waals surface area contributed by atoms with Gasteiger partial charge < -0.3 is 20.1 Å². The summed E-state index contributed by atoms with van der Waals surface area (Å²) in [5.41, 5.74) is 0. The minimum absolute atomic E-state index is 0.374. The minimum atomic E-state index is -0.724. The molecule has 0 radical (unpaired) electrons. The van der Waals surface area contributed by atoms with Crippen molar-refractivity contribution in [3.8, 4) is 0 Å². The molecule has 7 nitrogen and oxygen atoms in total. The highest BCUT2D eigenvalue weighted by atomic mass is 16.5. The van der Waals surface area contributed by atoms with E-state index in [4.69, 9.17) is 4.74 Å². The Kier molecular flexibility index (Phi) is 17.1. The van der Waals surface area contributed by atoms with E-state index in [1.807, 2.05) is 13.8 Å². The molecular formula is C22H42N2O5. The van der Waals surface area contributed by atoms with Crippen molar-refractivity contribution in [1.29, 1.82) is 0 Å². The lowest BCUT2D eigenvalue weighted by Gasteiger charge is -2.22. The third-order valence-electron chi connectivity index (χ3n) is 4.83. The van der Waals surface area contributed by atoms with Crippen molar-refractivity contribution < 1.29 is 23.9 Å². The van der Waals surface area contributed by atoms with Crippen LogP contribution < -0.4 is 10.6 Å². The predicted molar refractivity (Wildman–Crippen MR) is 115 cm³/mol. The quantitative estimate of drug-likeness (QED) is 0.270. The van der Waals surface area contributed by atoms with Crippen LogP contribution in [0, 0.1) is 0 Å². The number of amides is 2. The van der Waals surface area contributed by atoms with Gasteiger partial charge in [-0.15, -0.1) is 0 Å². The topological polar surface area (TPSA) is 93.7 Å². The number of hydrogen-bond donors (Lipinski definition) is 2. The molecule has 0 fully saturated rings. The highest BCUT2D eigenvalue weighted by Crippen LogP contribution is 2.08. The fourth-order valence-electron chi connectivity index (χ4n) is 2.96. The number of nitrogens with one attached hydrogen (secondary N) is 2. The molecule has 2 N–H and O–H groups in total. The molecule has 170 valence electrons. The molecule has 0 aromatic heterocycles. The van der Waals surface area contributed by atoms with Gasteiger partial charge in [0.15, 0.2) is 0 Å². The average Bonchev–Trinajstić information content (AvgIpc) is 2.72. The second-order valence-corrected chi connectivity index (χ2v) is 7.47. The van der Waals surface area contributed by atoms with E-state index in [1.165, 1.54) is 26.4 Å². The molecule has 2 amide bonds. The Morgan fingerprint density at radius 1 is 0.724 bits per heavy atom. The van der Waals surface area contributed by atoms with Crippen LogP contribution in [0.5, 0.6) is 0 Å². The van der Waals surface area contributed by atoms with Crippen molar-refractivity contribution >= 4 is 18.0 Å². The maximum absolute atomic E-state index is 12.7. The molecule has 2 atom stereocenters. The molecule has 0 bridgehead atoms. The molecule has 0 saturated carbocycles. The molecule has 0 aliphatic heterocycles. The van der Waals surface area contributed by atoms with E-state index in [0.29, 0.717) is 19.4 Å². The maximum Gasteiger partial charge on any atom is 0.407 e. The van der Waals surface area contributed by atoms with Crippen LogP contribution in [0.4, 0.5) is 4.79 Å². The maximum atomic E-state index is 12.7. The van der Waals surface area contributed by atoms with Gasteiger partial charge in [-0.2, -0.15) is 0 Å². The Morgan fingerprint density at radius 3 is 1.86 bits per heavy atom. The number of ether oxygens (including phenoxy) is 2. The average molecular weight is 415 g/mol. The number of unbranched alkanes of at least 4 members (excludes halogenated alkanes) is 7. The molecule has 7 heteroatoms. The molecule has 29 heavy (non-hydrogen) atoms. The Labute approximate surface area is 176 Å². The first-order valence-electron chi connectivity index (χ1n) is 11.3. The van der Waals surface area contributed by atoms with Gasteiger partial charge in [0.2, 0.25) is 5.91 Å². The largest absolute Gasteiger partial charge is 0.464 e. The van der Waals surface area contributed by atoms with Crippen LogP contribution in [-0.4, -0.2) is 43.8 Å². The normalized spacial score (nSPS) is 12.7. The number of carbonyl (C=O) groups excluding carboxylic acids is 3. The molecule has 0 rings (SSSR count).